The van der Waals surface area contributed by atoms with Gasteiger partial charge in [0.25, 0.3) is 0 Å². The van der Waals surface area contributed by atoms with Crippen molar-refractivity contribution < 1.29 is 0 Å². The molecule has 0 aliphatic carbocycles. The van der Waals surface area contributed by atoms with E-state index in [1.807, 2.05) is 0 Å². The second kappa shape index (κ2) is 5.05. The molecular formula is C12H17N5. The fraction of sp³-hybridized carbons (Fsp3) is 0.417. The Hall–Kier alpha value is -1.75. The standard InChI is InChI=1S/C12H17N5/c1-3-9-6-5-7-10(4-2)12(9)17-11(8-13)14-15-16-17/h5-7H,3-4,8,13H2,1-2H3. The van der Waals surface area contributed by atoms with E-state index in [9.17, 15) is 0 Å². The van der Waals surface area contributed by atoms with E-state index in [4.69, 9.17) is 5.73 Å². The lowest BCUT2D eigenvalue weighted by Gasteiger charge is -2.13. The van der Waals surface area contributed by atoms with Crippen LogP contribution in [0.1, 0.15) is 30.8 Å². The van der Waals surface area contributed by atoms with Gasteiger partial charge in [-0.15, -0.1) is 5.10 Å². The highest BCUT2D eigenvalue weighted by molar-refractivity contribution is 5.48. The lowest BCUT2D eigenvalue weighted by atomic mass is 10.0. The highest BCUT2D eigenvalue weighted by Crippen LogP contribution is 2.21. The minimum absolute atomic E-state index is 0.341. The van der Waals surface area contributed by atoms with E-state index >= 15 is 0 Å². The Bertz CT molecular complexity index is 481. The zero-order chi connectivity index (χ0) is 12.3. The molecular weight excluding hydrogens is 214 g/mol. The summed E-state index contributed by atoms with van der Waals surface area (Å²) in [6, 6.07) is 6.29. The van der Waals surface area contributed by atoms with Gasteiger partial charge in [-0.1, -0.05) is 32.0 Å². The topological polar surface area (TPSA) is 69.6 Å². The van der Waals surface area contributed by atoms with E-state index in [1.54, 1.807) is 4.68 Å². The van der Waals surface area contributed by atoms with Crippen molar-refractivity contribution >= 4 is 0 Å². The van der Waals surface area contributed by atoms with E-state index in [0.717, 1.165) is 18.5 Å². The number of tetrazole rings is 1. The summed E-state index contributed by atoms with van der Waals surface area (Å²) in [6.07, 6.45) is 1.90. The molecule has 1 heterocycles. The minimum atomic E-state index is 0.341. The summed E-state index contributed by atoms with van der Waals surface area (Å²) >= 11 is 0. The molecule has 0 radical (unpaired) electrons. The van der Waals surface area contributed by atoms with Gasteiger partial charge in [0, 0.05) is 0 Å². The molecule has 0 unspecified atom stereocenters. The lowest BCUT2D eigenvalue weighted by Crippen LogP contribution is -2.12. The van der Waals surface area contributed by atoms with Gasteiger partial charge in [0.05, 0.1) is 12.2 Å². The number of rotatable bonds is 4. The zero-order valence-electron chi connectivity index (χ0n) is 10.2. The molecule has 5 nitrogen and oxygen atoms in total. The lowest BCUT2D eigenvalue weighted by molar-refractivity contribution is 0.745. The van der Waals surface area contributed by atoms with Crippen molar-refractivity contribution in [1.29, 1.82) is 0 Å². The molecule has 0 atom stereocenters. The van der Waals surface area contributed by atoms with E-state index in [-0.39, 0.29) is 0 Å². The normalized spacial score (nSPS) is 10.8. The van der Waals surface area contributed by atoms with Crippen molar-refractivity contribution in [3.63, 3.8) is 0 Å². The number of nitrogens with zero attached hydrogens (tertiary/aromatic N) is 4. The quantitative estimate of drug-likeness (QED) is 0.859. The molecule has 2 aromatic rings. The van der Waals surface area contributed by atoms with E-state index in [1.165, 1.54) is 11.1 Å². The fourth-order valence-corrected chi connectivity index (χ4v) is 1.99. The number of nitrogens with two attached hydrogens (primary N) is 1. The Morgan fingerprint density at radius 2 is 1.82 bits per heavy atom. The molecule has 0 saturated carbocycles. The van der Waals surface area contributed by atoms with E-state index in [0.29, 0.717) is 12.4 Å². The molecule has 0 fully saturated rings. The first-order valence-electron chi connectivity index (χ1n) is 5.90. The van der Waals surface area contributed by atoms with Crippen LogP contribution in [-0.2, 0) is 19.4 Å². The summed E-state index contributed by atoms with van der Waals surface area (Å²) < 4.78 is 1.76. The summed E-state index contributed by atoms with van der Waals surface area (Å²) in [4.78, 5) is 0. The smallest absolute Gasteiger partial charge is 0.170 e. The third kappa shape index (κ3) is 2.06. The molecule has 0 bridgehead atoms. The SMILES string of the molecule is CCc1cccc(CC)c1-n1nnnc1CN. The highest BCUT2D eigenvalue weighted by Gasteiger charge is 2.13. The molecule has 0 saturated heterocycles. The van der Waals surface area contributed by atoms with Crippen molar-refractivity contribution in [1.82, 2.24) is 20.2 Å². The van der Waals surface area contributed by atoms with Crippen LogP contribution in [0.3, 0.4) is 0 Å². The monoisotopic (exact) mass is 231 g/mol. The van der Waals surface area contributed by atoms with Crippen LogP contribution in [0, 0.1) is 0 Å². The first-order valence-corrected chi connectivity index (χ1v) is 5.90. The third-order valence-corrected chi connectivity index (χ3v) is 2.89. The van der Waals surface area contributed by atoms with Crippen LogP contribution in [0.5, 0.6) is 0 Å². The van der Waals surface area contributed by atoms with Crippen LogP contribution in [-0.4, -0.2) is 20.2 Å². The van der Waals surface area contributed by atoms with Crippen LogP contribution >= 0.6 is 0 Å². The van der Waals surface area contributed by atoms with Gasteiger partial charge in [-0.25, -0.2) is 0 Å². The van der Waals surface area contributed by atoms with Gasteiger partial charge in [-0.05, 0) is 34.4 Å². The number of para-hydroxylation sites is 1. The summed E-state index contributed by atoms with van der Waals surface area (Å²) in [5.74, 6) is 0.695. The van der Waals surface area contributed by atoms with Gasteiger partial charge in [0.2, 0.25) is 0 Å². The number of aryl methyl sites for hydroxylation is 2. The predicted octanol–water partition coefficient (Wildman–Crippen LogP) is 1.25. The first kappa shape index (κ1) is 11.7. The fourth-order valence-electron chi connectivity index (χ4n) is 1.99. The Kier molecular flexibility index (Phi) is 3.49. The number of aromatic nitrogens is 4. The largest absolute Gasteiger partial charge is 0.324 e. The second-order valence-corrected chi connectivity index (χ2v) is 3.84. The van der Waals surface area contributed by atoms with Gasteiger partial charge in [-0.2, -0.15) is 4.68 Å². The molecule has 5 heteroatoms. The molecule has 0 amide bonds. The van der Waals surface area contributed by atoms with Crippen molar-refractivity contribution in [2.75, 3.05) is 0 Å². The van der Waals surface area contributed by atoms with Crippen molar-refractivity contribution in [2.24, 2.45) is 5.73 Å². The molecule has 2 N–H and O–H groups in total. The molecule has 0 aliphatic rings. The third-order valence-electron chi connectivity index (χ3n) is 2.89. The Morgan fingerprint density at radius 3 is 2.35 bits per heavy atom. The molecule has 0 aliphatic heterocycles. The summed E-state index contributed by atoms with van der Waals surface area (Å²) in [5.41, 5.74) is 9.22. The number of hydrogen-bond donors (Lipinski definition) is 1. The maximum atomic E-state index is 5.65. The maximum Gasteiger partial charge on any atom is 0.170 e. The molecule has 90 valence electrons. The maximum absolute atomic E-state index is 5.65. The average Bonchev–Trinajstić information content (AvgIpc) is 2.85. The van der Waals surface area contributed by atoms with Gasteiger partial charge in [-0.3, -0.25) is 0 Å². The molecule has 17 heavy (non-hydrogen) atoms. The Labute approximate surface area is 101 Å². The van der Waals surface area contributed by atoms with Crippen molar-refractivity contribution in [3.05, 3.63) is 35.2 Å². The average molecular weight is 231 g/mol. The predicted molar refractivity (Wildman–Crippen MR) is 65.8 cm³/mol. The van der Waals surface area contributed by atoms with E-state index < -0.39 is 0 Å². The van der Waals surface area contributed by atoms with Gasteiger partial charge in [0.1, 0.15) is 0 Å². The van der Waals surface area contributed by atoms with Crippen molar-refractivity contribution in [3.8, 4) is 5.69 Å². The van der Waals surface area contributed by atoms with Crippen LogP contribution < -0.4 is 5.73 Å². The van der Waals surface area contributed by atoms with Gasteiger partial charge in [0.15, 0.2) is 5.82 Å². The van der Waals surface area contributed by atoms with Crippen LogP contribution in [0.2, 0.25) is 0 Å². The minimum Gasteiger partial charge on any atom is -0.324 e. The van der Waals surface area contributed by atoms with E-state index in [2.05, 4.69) is 47.6 Å². The number of hydrogen-bond acceptors (Lipinski definition) is 4. The summed E-state index contributed by atoms with van der Waals surface area (Å²) in [6.45, 7) is 4.60. The van der Waals surface area contributed by atoms with Crippen LogP contribution in [0.15, 0.2) is 18.2 Å². The van der Waals surface area contributed by atoms with Gasteiger partial charge < -0.3 is 5.73 Å². The van der Waals surface area contributed by atoms with Crippen LogP contribution in [0.25, 0.3) is 5.69 Å². The van der Waals surface area contributed by atoms with Crippen molar-refractivity contribution in [2.45, 2.75) is 33.2 Å². The van der Waals surface area contributed by atoms with Crippen LogP contribution in [0.4, 0.5) is 0 Å². The summed E-state index contributed by atoms with van der Waals surface area (Å²) in [7, 11) is 0. The molecule has 2 rings (SSSR count). The zero-order valence-corrected chi connectivity index (χ0v) is 10.2. The Morgan fingerprint density at radius 1 is 1.18 bits per heavy atom. The highest BCUT2D eigenvalue weighted by atomic mass is 15.5. The first-order chi connectivity index (χ1) is 8.31. The molecule has 1 aromatic carbocycles. The van der Waals surface area contributed by atoms with Gasteiger partial charge >= 0.3 is 0 Å². The Balaban J connectivity index is 2.64. The molecule has 1 aromatic heterocycles. The molecule has 0 spiro atoms. The second-order valence-electron chi connectivity index (χ2n) is 3.84. The summed E-state index contributed by atoms with van der Waals surface area (Å²) in [5, 5.41) is 11.7. The number of benzene rings is 1.